The molecule has 4 heteroatoms. The van der Waals surface area contributed by atoms with Crippen LogP contribution in [-0.4, -0.2) is 22.0 Å². The number of aliphatic carboxylic acids is 1. The van der Waals surface area contributed by atoms with Gasteiger partial charge in [0.1, 0.15) is 5.78 Å². The Balaban J connectivity index is 1.74. The molecule has 164 valence electrons. The summed E-state index contributed by atoms with van der Waals surface area (Å²) in [4.78, 5) is 24.0. The minimum Gasteiger partial charge on any atom is -0.479 e. The molecule has 0 amide bonds. The van der Waals surface area contributed by atoms with Crippen molar-refractivity contribution < 1.29 is 19.8 Å². The van der Waals surface area contributed by atoms with Gasteiger partial charge in [-0.25, -0.2) is 4.79 Å². The maximum atomic E-state index is 12.3. The molecule has 30 heavy (non-hydrogen) atoms. The fourth-order valence-corrected chi connectivity index (χ4v) is 4.48. The lowest BCUT2D eigenvalue weighted by atomic mass is 9.85. The first-order valence-electron chi connectivity index (χ1n) is 11.5. The molecule has 1 aliphatic carbocycles. The molecule has 0 spiro atoms. The molecule has 1 aromatic carbocycles. The van der Waals surface area contributed by atoms with Crippen LogP contribution < -0.4 is 0 Å². The summed E-state index contributed by atoms with van der Waals surface area (Å²) in [6.07, 6.45) is 10.2. The molecular weight excluding hydrogens is 376 g/mol. The summed E-state index contributed by atoms with van der Waals surface area (Å²) in [7, 11) is 0. The van der Waals surface area contributed by atoms with Gasteiger partial charge in [0.25, 0.3) is 0 Å². The normalized spacial score (nSPS) is 20.4. The van der Waals surface area contributed by atoms with Crippen LogP contribution in [0.25, 0.3) is 0 Å². The number of hydrogen-bond acceptors (Lipinski definition) is 3. The number of carboxylic acid groups (broad SMARTS) is 1. The van der Waals surface area contributed by atoms with E-state index in [1.165, 1.54) is 0 Å². The van der Waals surface area contributed by atoms with E-state index in [1.807, 2.05) is 0 Å². The van der Waals surface area contributed by atoms with E-state index >= 15 is 0 Å². The van der Waals surface area contributed by atoms with Crippen molar-refractivity contribution in [1.82, 2.24) is 0 Å². The maximum absolute atomic E-state index is 12.3. The monoisotopic (exact) mass is 412 g/mol. The number of carbonyl (C=O) groups is 2. The van der Waals surface area contributed by atoms with Gasteiger partial charge in [0.15, 0.2) is 5.60 Å². The van der Waals surface area contributed by atoms with Crippen LogP contribution in [0.4, 0.5) is 0 Å². The fraction of sp³-hybridized carbons (Fsp3) is 0.615. The summed E-state index contributed by atoms with van der Waals surface area (Å²) < 4.78 is 0. The van der Waals surface area contributed by atoms with Crippen molar-refractivity contribution in [2.45, 2.75) is 89.6 Å². The largest absolute Gasteiger partial charge is 0.479 e. The Labute approximate surface area is 181 Å². The van der Waals surface area contributed by atoms with Crippen LogP contribution in [0.15, 0.2) is 30.3 Å². The van der Waals surface area contributed by atoms with Crippen molar-refractivity contribution in [3.63, 3.8) is 0 Å². The second-order valence-electron chi connectivity index (χ2n) is 8.50. The first kappa shape index (κ1) is 24.2. The molecule has 1 fully saturated rings. The van der Waals surface area contributed by atoms with Gasteiger partial charge in [0.05, 0.1) is 0 Å². The third kappa shape index (κ3) is 6.99. The van der Waals surface area contributed by atoms with Crippen molar-refractivity contribution in [2.24, 2.45) is 11.8 Å². The highest BCUT2D eigenvalue weighted by Crippen LogP contribution is 2.36. The van der Waals surface area contributed by atoms with E-state index < -0.39 is 11.6 Å². The van der Waals surface area contributed by atoms with Gasteiger partial charge in [-0.1, -0.05) is 50.1 Å². The van der Waals surface area contributed by atoms with Crippen molar-refractivity contribution in [3.8, 4) is 11.8 Å². The number of Topliss-reactive ketones (excluding diaryl/α,β-unsaturated/α-hetero) is 1. The number of aliphatic hydroxyl groups is 1. The third-order valence-corrected chi connectivity index (χ3v) is 6.28. The Bertz CT molecular complexity index is 730. The zero-order valence-corrected chi connectivity index (χ0v) is 18.2. The third-order valence-electron chi connectivity index (χ3n) is 6.28. The number of ketones is 1. The molecular formula is C26H36O4. The lowest BCUT2D eigenvalue weighted by molar-refractivity contribution is -0.160. The van der Waals surface area contributed by atoms with E-state index in [4.69, 9.17) is 0 Å². The van der Waals surface area contributed by atoms with Crippen molar-refractivity contribution in [2.75, 3.05) is 0 Å². The highest BCUT2D eigenvalue weighted by molar-refractivity contribution is 5.83. The van der Waals surface area contributed by atoms with E-state index in [9.17, 15) is 19.8 Å². The average molecular weight is 413 g/mol. The van der Waals surface area contributed by atoms with Gasteiger partial charge in [-0.2, -0.15) is 0 Å². The van der Waals surface area contributed by atoms with Gasteiger partial charge in [0, 0.05) is 25.2 Å². The van der Waals surface area contributed by atoms with E-state index in [0.717, 1.165) is 57.8 Å². The van der Waals surface area contributed by atoms with Crippen LogP contribution in [-0.2, 0) is 15.2 Å². The van der Waals surface area contributed by atoms with Gasteiger partial charge in [-0.05, 0) is 56.4 Å². The van der Waals surface area contributed by atoms with Crippen LogP contribution in [0.2, 0.25) is 0 Å². The number of carboxylic acids is 1. The summed E-state index contributed by atoms with van der Waals surface area (Å²) in [6.45, 7) is 2.13. The van der Waals surface area contributed by atoms with Gasteiger partial charge in [0.2, 0.25) is 0 Å². The number of rotatable bonds is 12. The summed E-state index contributed by atoms with van der Waals surface area (Å²) >= 11 is 0. The summed E-state index contributed by atoms with van der Waals surface area (Å²) in [5.74, 6) is 6.22. The lowest BCUT2D eigenvalue weighted by Crippen LogP contribution is -2.35. The molecule has 3 atom stereocenters. The summed E-state index contributed by atoms with van der Waals surface area (Å²) in [5.41, 5.74) is -1.42. The molecule has 2 rings (SSSR count). The molecule has 1 unspecified atom stereocenters. The molecule has 0 bridgehead atoms. The van der Waals surface area contributed by atoms with E-state index in [1.54, 1.807) is 30.3 Å². The summed E-state index contributed by atoms with van der Waals surface area (Å²) in [6, 6.07) is 8.60. The van der Waals surface area contributed by atoms with Gasteiger partial charge in [-0.15, -0.1) is 11.8 Å². The quantitative estimate of drug-likeness (QED) is 0.352. The molecule has 4 nitrogen and oxygen atoms in total. The molecule has 1 aliphatic rings. The Morgan fingerprint density at radius 3 is 2.50 bits per heavy atom. The van der Waals surface area contributed by atoms with Crippen LogP contribution in [0.5, 0.6) is 0 Å². The Kier molecular flexibility index (Phi) is 10.1. The van der Waals surface area contributed by atoms with E-state index in [0.29, 0.717) is 30.1 Å². The number of unbranched alkanes of at least 4 members (excludes halogenated alkanes) is 4. The molecule has 0 saturated heterocycles. The Hall–Kier alpha value is -2.12. The molecule has 2 N–H and O–H groups in total. The van der Waals surface area contributed by atoms with Crippen molar-refractivity contribution >= 4 is 11.8 Å². The molecule has 1 aromatic rings. The molecule has 1 saturated carbocycles. The minimum absolute atomic E-state index is 0.154. The first-order chi connectivity index (χ1) is 14.5. The van der Waals surface area contributed by atoms with Crippen LogP contribution in [0, 0.1) is 23.7 Å². The number of carbonyl (C=O) groups excluding carboxylic acids is 1. The fourth-order valence-electron chi connectivity index (χ4n) is 4.48. The van der Waals surface area contributed by atoms with Crippen LogP contribution >= 0.6 is 0 Å². The van der Waals surface area contributed by atoms with Gasteiger partial charge < -0.3 is 10.2 Å². The molecule has 0 heterocycles. The van der Waals surface area contributed by atoms with E-state index in [-0.39, 0.29) is 12.3 Å². The zero-order valence-electron chi connectivity index (χ0n) is 18.2. The molecule has 0 aromatic heterocycles. The second-order valence-corrected chi connectivity index (χ2v) is 8.50. The highest BCUT2D eigenvalue weighted by Gasteiger charge is 2.37. The Morgan fingerprint density at radius 1 is 1.07 bits per heavy atom. The molecule has 0 aliphatic heterocycles. The topological polar surface area (TPSA) is 74.6 Å². The molecule has 0 radical (unpaired) electrons. The number of benzene rings is 1. The first-order valence-corrected chi connectivity index (χ1v) is 11.5. The predicted octanol–water partition coefficient (Wildman–Crippen LogP) is 5.48. The second kappa shape index (κ2) is 12.5. The lowest BCUT2D eigenvalue weighted by Gasteiger charge is -2.24. The summed E-state index contributed by atoms with van der Waals surface area (Å²) in [5, 5.41) is 20.2. The van der Waals surface area contributed by atoms with Crippen LogP contribution in [0.3, 0.4) is 0 Å². The van der Waals surface area contributed by atoms with Crippen molar-refractivity contribution in [1.29, 1.82) is 0 Å². The highest BCUT2D eigenvalue weighted by atomic mass is 16.4. The van der Waals surface area contributed by atoms with Gasteiger partial charge in [-0.3, -0.25) is 4.79 Å². The SMILES string of the molecule is CCCC#CCCC[C@H]1CCC(=O)[C@@H]1CCCCCC(O)(C(=O)O)c1ccccc1. The standard InChI is InChI=1S/C26H36O4/c1-2-3-4-5-6-9-14-21-18-19-24(27)23(21)17-12-8-13-20-26(30,25(28)29)22-15-10-7-11-16-22/h7,10-11,15-16,21,23,30H,2-3,6,8-9,12-14,17-20H2,1H3,(H,28,29)/t21-,23+,26?/m0/s1. The number of hydrogen-bond donors (Lipinski definition) is 2. The zero-order chi connectivity index (χ0) is 21.8. The maximum Gasteiger partial charge on any atom is 0.340 e. The van der Waals surface area contributed by atoms with Crippen LogP contribution in [0.1, 0.15) is 89.5 Å². The predicted molar refractivity (Wildman–Crippen MR) is 119 cm³/mol. The van der Waals surface area contributed by atoms with Gasteiger partial charge >= 0.3 is 5.97 Å². The minimum atomic E-state index is -1.84. The van der Waals surface area contributed by atoms with Crippen molar-refractivity contribution in [3.05, 3.63) is 35.9 Å². The van der Waals surface area contributed by atoms with E-state index in [2.05, 4.69) is 18.8 Å². The Morgan fingerprint density at radius 2 is 1.80 bits per heavy atom. The smallest absolute Gasteiger partial charge is 0.340 e. The average Bonchev–Trinajstić information content (AvgIpc) is 3.10.